The summed E-state index contributed by atoms with van der Waals surface area (Å²) in [6.45, 7) is 1.79. The molecule has 31 heavy (non-hydrogen) atoms. The number of aromatic nitrogens is 2. The molecule has 2 amide bonds. The fourth-order valence-electron chi connectivity index (χ4n) is 3.59. The van der Waals surface area contributed by atoms with Crippen LogP contribution in [0, 0.1) is 12.8 Å². The van der Waals surface area contributed by atoms with Gasteiger partial charge in [0, 0.05) is 17.6 Å². The van der Waals surface area contributed by atoms with Gasteiger partial charge >= 0.3 is 5.97 Å². The van der Waals surface area contributed by atoms with E-state index in [4.69, 9.17) is 16.3 Å². The lowest BCUT2D eigenvalue weighted by molar-refractivity contribution is -0.146. The molecule has 1 aromatic heterocycles. The Bertz CT molecular complexity index is 963. The van der Waals surface area contributed by atoms with E-state index in [-0.39, 0.29) is 11.8 Å². The largest absolute Gasteiger partial charge is 0.452 e. The number of carbonyl (C=O) groups excluding carboxylic acids is 3. The molecule has 1 fully saturated rings. The first kappa shape index (κ1) is 22.7. The molecular formula is C23H26ClN3O4. The first-order valence-electron chi connectivity index (χ1n) is 10.4. The highest BCUT2D eigenvalue weighted by Gasteiger charge is 2.22. The Kier molecular flexibility index (Phi) is 8.00. The van der Waals surface area contributed by atoms with Crippen molar-refractivity contribution in [3.05, 3.63) is 58.4 Å². The number of esters is 1. The van der Waals surface area contributed by atoms with E-state index in [9.17, 15) is 14.4 Å². The highest BCUT2D eigenvalue weighted by atomic mass is 35.5. The maximum Gasteiger partial charge on any atom is 0.331 e. The molecule has 0 aliphatic heterocycles. The molecule has 8 heteroatoms. The van der Waals surface area contributed by atoms with Gasteiger partial charge in [-0.3, -0.25) is 14.9 Å². The van der Waals surface area contributed by atoms with Crippen molar-refractivity contribution in [2.45, 2.75) is 45.6 Å². The lowest BCUT2D eigenvalue weighted by atomic mass is 9.89. The van der Waals surface area contributed by atoms with Crippen LogP contribution in [0.15, 0.2) is 36.4 Å². The minimum atomic E-state index is -0.702. The summed E-state index contributed by atoms with van der Waals surface area (Å²) in [6, 6.07) is 9.77. The van der Waals surface area contributed by atoms with E-state index >= 15 is 0 Å². The zero-order valence-corrected chi connectivity index (χ0v) is 18.2. The molecular weight excluding hydrogens is 418 g/mol. The third-order valence-electron chi connectivity index (χ3n) is 5.25. The van der Waals surface area contributed by atoms with Crippen molar-refractivity contribution in [2.24, 2.45) is 5.92 Å². The number of nitrogens with one attached hydrogen (secondary N) is 1. The van der Waals surface area contributed by atoms with E-state index < -0.39 is 18.5 Å². The third kappa shape index (κ3) is 6.52. The minimum absolute atomic E-state index is 0.133. The lowest BCUT2D eigenvalue weighted by Gasteiger charge is -2.20. The molecule has 7 nitrogen and oxygen atoms in total. The van der Waals surface area contributed by atoms with Gasteiger partial charge in [-0.05, 0) is 31.4 Å². The lowest BCUT2D eigenvalue weighted by Crippen LogP contribution is -2.38. The number of benzene rings is 1. The topological polar surface area (TPSA) is 90.3 Å². The molecule has 0 radical (unpaired) electrons. The van der Waals surface area contributed by atoms with Crippen LogP contribution in [0.25, 0.3) is 6.08 Å². The first-order valence-corrected chi connectivity index (χ1v) is 10.8. The van der Waals surface area contributed by atoms with Gasteiger partial charge in [0.2, 0.25) is 5.91 Å². The van der Waals surface area contributed by atoms with E-state index in [0.717, 1.165) is 37.7 Å². The fraction of sp³-hybridized carbons (Fsp3) is 0.391. The summed E-state index contributed by atoms with van der Waals surface area (Å²) in [6.07, 6.45) is 7.40. The molecule has 0 spiro atoms. The molecule has 1 aromatic carbocycles. The SMILES string of the molecule is Cc1nn(Cc2ccccc2)c(Cl)c1/C=C/C(=O)OCC(=O)NC(=O)C1CCCCC1. The Hall–Kier alpha value is -2.93. The first-order chi connectivity index (χ1) is 14.9. The molecule has 0 unspecified atom stereocenters. The number of hydrogen-bond donors (Lipinski definition) is 1. The summed E-state index contributed by atoms with van der Waals surface area (Å²) in [5.41, 5.74) is 2.32. The zero-order chi connectivity index (χ0) is 22.2. The van der Waals surface area contributed by atoms with E-state index in [1.807, 2.05) is 30.3 Å². The second-order valence-corrected chi connectivity index (χ2v) is 7.98. The van der Waals surface area contributed by atoms with Crippen molar-refractivity contribution in [3.63, 3.8) is 0 Å². The van der Waals surface area contributed by atoms with Crippen molar-refractivity contribution in [2.75, 3.05) is 6.61 Å². The number of halogens is 1. The summed E-state index contributed by atoms with van der Waals surface area (Å²) in [7, 11) is 0. The third-order valence-corrected chi connectivity index (χ3v) is 5.65. The van der Waals surface area contributed by atoms with Crippen LogP contribution in [0.4, 0.5) is 0 Å². The van der Waals surface area contributed by atoms with Gasteiger partial charge in [-0.25, -0.2) is 9.48 Å². The number of imide groups is 1. The molecule has 3 rings (SSSR count). The summed E-state index contributed by atoms with van der Waals surface area (Å²) in [5.74, 6) is -1.75. The molecule has 164 valence electrons. The summed E-state index contributed by atoms with van der Waals surface area (Å²) in [4.78, 5) is 35.9. The predicted octanol–water partition coefficient (Wildman–Crippen LogP) is 3.67. The number of rotatable bonds is 7. The van der Waals surface area contributed by atoms with Crippen molar-refractivity contribution in [1.82, 2.24) is 15.1 Å². The van der Waals surface area contributed by atoms with Gasteiger partial charge in [-0.15, -0.1) is 0 Å². The van der Waals surface area contributed by atoms with Gasteiger partial charge in [-0.1, -0.05) is 61.2 Å². The van der Waals surface area contributed by atoms with Crippen LogP contribution in [-0.2, 0) is 25.7 Å². The van der Waals surface area contributed by atoms with Crippen LogP contribution in [0.2, 0.25) is 5.15 Å². The number of hydrogen-bond acceptors (Lipinski definition) is 5. The molecule has 1 saturated carbocycles. The summed E-state index contributed by atoms with van der Waals surface area (Å²) >= 11 is 6.42. The Balaban J connectivity index is 1.50. The van der Waals surface area contributed by atoms with E-state index in [0.29, 0.717) is 23.0 Å². The van der Waals surface area contributed by atoms with Gasteiger partial charge in [0.1, 0.15) is 5.15 Å². The van der Waals surface area contributed by atoms with E-state index in [2.05, 4.69) is 10.4 Å². The smallest absolute Gasteiger partial charge is 0.331 e. The molecule has 1 aliphatic carbocycles. The van der Waals surface area contributed by atoms with Crippen LogP contribution >= 0.6 is 11.6 Å². The van der Waals surface area contributed by atoms with Crippen LogP contribution < -0.4 is 5.32 Å². The summed E-state index contributed by atoms with van der Waals surface area (Å²) in [5, 5.41) is 7.13. The van der Waals surface area contributed by atoms with Crippen molar-refractivity contribution < 1.29 is 19.1 Å². The molecule has 1 N–H and O–H groups in total. The Labute approximate surface area is 186 Å². The Morgan fingerprint density at radius 1 is 1.19 bits per heavy atom. The van der Waals surface area contributed by atoms with E-state index in [1.54, 1.807) is 11.6 Å². The van der Waals surface area contributed by atoms with Gasteiger partial charge in [0.25, 0.3) is 5.91 Å². The quantitative estimate of drug-likeness (QED) is 0.520. The number of ether oxygens (including phenoxy) is 1. The van der Waals surface area contributed by atoms with Gasteiger partial charge in [0.15, 0.2) is 6.61 Å². The number of carbonyl (C=O) groups is 3. The summed E-state index contributed by atoms with van der Waals surface area (Å²) < 4.78 is 6.59. The Morgan fingerprint density at radius 3 is 2.61 bits per heavy atom. The molecule has 0 bridgehead atoms. The van der Waals surface area contributed by atoms with Crippen molar-refractivity contribution in [3.8, 4) is 0 Å². The normalized spacial score (nSPS) is 14.5. The van der Waals surface area contributed by atoms with Crippen molar-refractivity contribution in [1.29, 1.82) is 0 Å². The van der Waals surface area contributed by atoms with Crippen LogP contribution in [-0.4, -0.2) is 34.2 Å². The number of amides is 2. The zero-order valence-electron chi connectivity index (χ0n) is 17.5. The van der Waals surface area contributed by atoms with E-state index in [1.165, 1.54) is 12.2 Å². The van der Waals surface area contributed by atoms with Gasteiger partial charge in [-0.2, -0.15) is 5.10 Å². The molecule has 2 aromatic rings. The van der Waals surface area contributed by atoms with Gasteiger partial charge < -0.3 is 4.74 Å². The molecule has 0 saturated heterocycles. The molecule has 1 heterocycles. The standard InChI is InChI=1S/C23H26ClN3O4/c1-16-19(22(24)27(26-16)14-17-8-4-2-5-9-17)12-13-21(29)31-15-20(28)25-23(30)18-10-6-3-7-11-18/h2,4-5,8-9,12-13,18H,3,6-7,10-11,14-15H2,1H3,(H,25,28,30)/b13-12+. The average molecular weight is 444 g/mol. The van der Waals surface area contributed by atoms with Gasteiger partial charge in [0.05, 0.1) is 12.2 Å². The van der Waals surface area contributed by atoms with Crippen molar-refractivity contribution >= 4 is 35.5 Å². The maximum atomic E-state index is 12.1. The predicted molar refractivity (Wildman–Crippen MR) is 117 cm³/mol. The average Bonchev–Trinajstić information content (AvgIpc) is 3.04. The number of nitrogens with zero attached hydrogens (tertiary/aromatic N) is 2. The highest BCUT2D eigenvalue weighted by Crippen LogP contribution is 2.24. The second kappa shape index (κ2) is 10.9. The monoisotopic (exact) mass is 443 g/mol. The minimum Gasteiger partial charge on any atom is -0.452 e. The Morgan fingerprint density at radius 2 is 1.90 bits per heavy atom. The fourth-order valence-corrected chi connectivity index (χ4v) is 3.89. The highest BCUT2D eigenvalue weighted by molar-refractivity contribution is 6.31. The second-order valence-electron chi connectivity index (χ2n) is 7.62. The number of aryl methyl sites for hydroxylation is 1. The van der Waals surface area contributed by atoms with Crippen LogP contribution in [0.5, 0.6) is 0 Å². The maximum absolute atomic E-state index is 12.1. The molecule has 1 aliphatic rings. The van der Waals surface area contributed by atoms with Crippen LogP contribution in [0.3, 0.4) is 0 Å². The molecule has 0 atom stereocenters. The van der Waals surface area contributed by atoms with Crippen LogP contribution in [0.1, 0.15) is 48.9 Å².